The van der Waals surface area contributed by atoms with Crippen LogP contribution < -0.4 is 0 Å². The summed E-state index contributed by atoms with van der Waals surface area (Å²) in [5.41, 5.74) is 0. The summed E-state index contributed by atoms with van der Waals surface area (Å²) in [5.74, 6) is 0. The molecule has 1 rings (SSSR count). The number of hydrogen-bond acceptors (Lipinski definition) is 4. The number of aliphatic hydroxyl groups excluding tert-OH is 1. The van der Waals surface area contributed by atoms with Gasteiger partial charge in [-0.25, -0.2) is 0 Å². The highest BCUT2D eigenvalue weighted by Crippen LogP contribution is 2.18. The minimum absolute atomic E-state index is 0.125. The van der Waals surface area contributed by atoms with Gasteiger partial charge in [0.25, 0.3) is 0 Å². The summed E-state index contributed by atoms with van der Waals surface area (Å²) in [6, 6.07) is 0. The third-order valence-electron chi connectivity index (χ3n) is 1.78. The molecule has 0 aromatic rings. The highest BCUT2D eigenvalue weighted by atomic mass is 16.7. The molecule has 1 aliphatic rings. The Bertz CT molecular complexity index is 113. The van der Waals surface area contributed by atoms with Crippen molar-refractivity contribution in [3.63, 3.8) is 0 Å². The van der Waals surface area contributed by atoms with E-state index < -0.39 is 0 Å². The van der Waals surface area contributed by atoms with Crippen molar-refractivity contribution in [3.05, 3.63) is 0 Å². The maximum Gasteiger partial charge on any atom is 0.183 e. The molecule has 1 aliphatic heterocycles. The monoisotopic (exact) mass is 162 g/mol. The van der Waals surface area contributed by atoms with E-state index >= 15 is 0 Å². The number of aliphatic hydroxyl groups is 1. The van der Waals surface area contributed by atoms with E-state index in [0.29, 0.717) is 13.0 Å². The molecule has 4 nitrogen and oxygen atoms in total. The molecule has 1 N–H and O–H groups in total. The molecule has 4 heteroatoms. The van der Waals surface area contributed by atoms with Gasteiger partial charge < -0.3 is 19.3 Å². The zero-order valence-electron chi connectivity index (χ0n) is 6.82. The second kappa shape index (κ2) is 4.01. The Morgan fingerprint density at radius 3 is 2.45 bits per heavy atom. The molecule has 1 saturated heterocycles. The number of ether oxygens (including phenoxy) is 3. The van der Waals surface area contributed by atoms with Gasteiger partial charge in [0.2, 0.25) is 0 Å². The highest BCUT2D eigenvalue weighted by Gasteiger charge is 2.30. The lowest BCUT2D eigenvalue weighted by Gasteiger charge is -2.18. The molecule has 0 aromatic carbocycles. The maximum atomic E-state index is 9.10. The first-order chi connectivity index (χ1) is 5.27. The average molecular weight is 162 g/mol. The highest BCUT2D eigenvalue weighted by molar-refractivity contribution is 4.74. The second-order valence-corrected chi connectivity index (χ2v) is 2.60. The van der Waals surface area contributed by atoms with E-state index in [1.54, 1.807) is 14.2 Å². The minimum atomic E-state index is -0.368. The fourth-order valence-electron chi connectivity index (χ4n) is 1.23. The molecule has 0 radical (unpaired) electrons. The zero-order chi connectivity index (χ0) is 8.27. The van der Waals surface area contributed by atoms with Crippen LogP contribution in [0.3, 0.4) is 0 Å². The average Bonchev–Trinajstić information content (AvgIpc) is 2.39. The van der Waals surface area contributed by atoms with E-state index in [0.717, 1.165) is 0 Å². The fraction of sp³-hybridized carbons (Fsp3) is 1.00. The van der Waals surface area contributed by atoms with E-state index in [1.807, 2.05) is 0 Å². The van der Waals surface area contributed by atoms with Crippen LogP contribution in [0.4, 0.5) is 0 Å². The predicted molar refractivity (Wildman–Crippen MR) is 38.2 cm³/mol. The second-order valence-electron chi connectivity index (χ2n) is 2.60. The minimum Gasteiger partial charge on any atom is -0.391 e. The summed E-state index contributed by atoms with van der Waals surface area (Å²) in [7, 11) is 3.12. The lowest BCUT2D eigenvalue weighted by atomic mass is 10.2. The summed E-state index contributed by atoms with van der Waals surface area (Å²) >= 11 is 0. The Morgan fingerprint density at radius 1 is 1.45 bits per heavy atom. The van der Waals surface area contributed by atoms with Gasteiger partial charge in [0, 0.05) is 20.6 Å². The van der Waals surface area contributed by atoms with E-state index in [4.69, 9.17) is 19.3 Å². The van der Waals surface area contributed by atoms with Gasteiger partial charge in [-0.05, 0) is 0 Å². The molecular weight excluding hydrogens is 148 g/mol. The van der Waals surface area contributed by atoms with Crippen molar-refractivity contribution in [1.82, 2.24) is 0 Å². The molecule has 0 aromatic heterocycles. The van der Waals surface area contributed by atoms with Crippen LogP contribution in [0, 0.1) is 0 Å². The number of hydrogen-bond donors (Lipinski definition) is 1. The number of methoxy groups -OCH3 is 2. The van der Waals surface area contributed by atoms with Crippen molar-refractivity contribution in [2.45, 2.75) is 24.9 Å². The molecule has 1 heterocycles. The fourth-order valence-corrected chi connectivity index (χ4v) is 1.23. The molecule has 11 heavy (non-hydrogen) atoms. The third-order valence-corrected chi connectivity index (χ3v) is 1.78. The van der Waals surface area contributed by atoms with Gasteiger partial charge in [-0.1, -0.05) is 0 Å². The first kappa shape index (κ1) is 8.93. The Kier molecular flexibility index (Phi) is 3.26. The molecular formula is C7H14O4. The molecule has 0 unspecified atom stereocenters. The summed E-state index contributed by atoms with van der Waals surface area (Å²) in [5, 5.41) is 9.10. The molecule has 0 spiro atoms. The molecule has 0 saturated carbocycles. The van der Waals surface area contributed by atoms with Crippen LogP contribution in [-0.4, -0.2) is 44.4 Å². The van der Waals surface area contributed by atoms with E-state index in [1.165, 1.54) is 0 Å². The van der Waals surface area contributed by atoms with E-state index in [-0.39, 0.29) is 18.5 Å². The van der Waals surface area contributed by atoms with Crippen LogP contribution in [-0.2, 0) is 14.2 Å². The predicted octanol–water partition coefficient (Wildman–Crippen LogP) is -0.245. The smallest absolute Gasteiger partial charge is 0.183 e. The lowest BCUT2D eigenvalue weighted by molar-refractivity contribution is -0.167. The maximum absolute atomic E-state index is 9.10. The van der Waals surface area contributed by atoms with Gasteiger partial charge in [-0.3, -0.25) is 0 Å². The van der Waals surface area contributed by atoms with Crippen LogP contribution in [0.25, 0.3) is 0 Å². The van der Waals surface area contributed by atoms with Crippen molar-refractivity contribution in [3.8, 4) is 0 Å². The first-order valence-electron chi connectivity index (χ1n) is 3.63. The Morgan fingerprint density at radius 2 is 2.09 bits per heavy atom. The van der Waals surface area contributed by atoms with Gasteiger partial charge in [0.15, 0.2) is 6.29 Å². The molecule has 0 amide bonds. The zero-order valence-corrected chi connectivity index (χ0v) is 6.82. The van der Waals surface area contributed by atoms with Crippen molar-refractivity contribution < 1.29 is 19.3 Å². The van der Waals surface area contributed by atoms with Crippen molar-refractivity contribution >= 4 is 0 Å². The Labute approximate surface area is 66.1 Å². The Balaban J connectivity index is 2.34. The largest absolute Gasteiger partial charge is 0.391 e. The quantitative estimate of drug-likeness (QED) is 0.581. The van der Waals surface area contributed by atoms with Crippen molar-refractivity contribution in [1.29, 1.82) is 0 Å². The summed E-state index contributed by atoms with van der Waals surface area (Å²) in [4.78, 5) is 0. The standard InChI is InChI=1S/C7H14O4/c1-9-7(10-2)6-3-5(8)4-11-6/h5-8H,3-4H2,1-2H3/t5-,6+/m0/s1. The number of rotatable bonds is 3. The van der Waals surface area contributed by atoms with Crippen molar-refractivity contribution in [2.75, 3.05) is 20.8 Å². The first-order valence-corrected chi connectivity index (χ1v) is 3.63. The van der Waals surface area contributed by atoms with Crippen LogP contribution in [0.1, 0.15) is 6.42 Å². The van der Waals surface area contributed by atoms with Crippen LogP contribution in [0.5, 0.6) is 0 Å². The molecule has 66 valence electrons. The molecule has 1 fully saturated rings. The normalized spacial score (nSPS) is 31.6. The summed E-state index contributed by atoms with van der Waals surface area (Å²) in [6.07, 6.45) is -0.258. The van der Waals surface area contributed by atoms with Gasteiger partial charge in [-0.2, -0.15) is 0 Å². The van der Waals surface area contributed by atoms with E-state index in [9.17, 15) is 0 Å². The molecule has 0 aliphatic carbocycles. The van der Waals surface area contributed by atoms with Gasteiger partial charge in [0.05, 0.1) is 12.7 Å². The van der Waals surface area contributed by atoms with Gasteiger partial charge in [-0.15, -0.1) is 0 Å². The van der Waals surface area contributed by atoms with Crippen LogP contribution >= 0.6 is 0 Å². The van der Waals surface area contributed by atoms with Crippen LogP contribution in [0.15, 0.2) is 0 Å². The lowest BCUT2D eigenvalue weighted by Crippen LogP contribution is -2.29. The summed E-state index contributed by atoms with van der Waals surface area (Å²) < 4.78 is 15.2. The topological polar surface area (TPSA) is 47.9 Å². The summed E-state index contributed by atoms with van der Waals surface area (Å²) in [6.45, 7) is 0.383. The molecule has 0 bridgehead atoms. The van der Waals surface area contributed by atoms with Gasteiger partial charge >= 0.3 is 0 Å². The Hall–Kier alpha value is -0.160. The van der Waals surface area contributed by atoms with E-state index in [2.05, 4.69) is 0 Å². The molecule has 2 atom stereocenters. The third kappa shape index (κ3) is 2.13. The van der Waals surface area contributed by atoms with Crippen LogP contribution in [0.2, 0.25) is 0 Å². The SMILES string of the molecule is COC(OC)[C@H]1C[C@H](O)CO1. The van der Waals surface area contributed by atoms with Crippen molar-refractivity contribution in [2.24, 2.45) is 0 Å². The van der Waals surface area contributed by atoms with Gasteiger partial charge in [0.1, 0.15) is 6.10 Å².